The van der Waals surface area contributed by atoms with Gasteiger partial charge in [0.25, 0.3) is 0 Å². The summed E-state index contributed by atoms with van der Waals surface area (Å²) in [5.74, 6) is -1.97. The van der Waals surface area contributed by atoms with E-state index in [1.54, 1.807) is 0 Å². The number of carbonyl (C=O) groups excluding carboxylic acids is 2. The first-order chi connectivity index (χ1) is 19.2. The van der Waals surface area contributed by atoms with E-state index in [1.807, 2.05) is 0 Å². The van der Waals surface area contributed by atoms with Gasteiger partial charge in [0, 0.05) is 47.8 Å². The predicted octanol–water partition coefficient (Wildman–Crippen LogP) is 6.67. The van der Waals surface area contributed by atoms with E-state index in [4.69, 9.17) is 14.2 Å². The molecule has 2 N–H and O–H groups in total. The number of hydrogen-bond donors (Lipinski definition) is 2. The van der Waals surface area contributed by atoms with Gasteiger partial charge >= 0.3 is 18.0 Å². The normalized spacial score (nSPS) is 33.5. The Bertz CT molecular complexity index is 933. The molecule has 4 fully saturated rings. The number of ether oxygens (including phenoxy) is 3. The molecular formula is C33H56F2N2O5. The van der Waals surface area contributed by atoms with Crippen LogP contribution in [-0.2, 0) is 23.8 Å². The van der Waals surface area contributed by atoms with Crippen LogP contribution in [0, 0.1) is 17.8 Å². The van der Waals surface area contributed by atoms with Gasteiger partial charge in [-0.05, 0) is 107 Å². The van der Waals surface area contributed by atoms with Crippen molar-refractivity contribution < 1.29 is 32.6 Å². The van der Waals surface area contributed by atoms with Crippen LogP contribution >= 0.6 is 0 Å². The second-order valence-electron chi connectivity index (χ2n) is 16.4. The van der Waals surface area contributed by atoms with Crippen LogP contribution in [0.1, 0.15) is 132 Å². The van der Waals surface area contributed by atoms with Gasteiger partial charge in [-0.3, -0.25) is 9.59 Å². The molecular weight excluding hydrogens is 542 g/mol. The first-order valence-corrected chi connectivity index (χ1v) is 16.3. The highest BCUT2D eigenvalue weighted by atomic mass is 19.3. The third-order valence-corrected chi connectivity index (χ3v) is 9.74. The van der Waals surface area contributed by atoms with Gasteiger partial charge in [-0.25, -0.2) is 0 Å². The van der Waals surface area contributed by atoms with Crippen molar-refractivity contribution in [2.45, 2.75) is 179 Å². The standard InChI is InChI=1S/C33H56F2N2O5/c1-29(2)17-25(18-30(3,4)36-29)40-27(38)21-9-13-23(14-10-21)33(34,35)42-24-15-11-22(12-16-24)28(39)41-26-19-31(5,6)37-32(7,8)20-26/h21-26,36-37H,9-20H2,1-8H3. The van der Waals surface area contributed by atoms with Crippen molar-refractivity contribution in [3.05, 3.63) is 0 Å². The minimum absolute atomic E-state index is 0.120. The highest BCUT2D eigenvalue weighted by Crippen LogP contribution is 2.43. The van der Waals surface area contributed by atoms with Gasteiger partial charge in [-0.1, -0.05) is 0 Å². The molecule has 0 amide bonds. The molecule has 42 heavy (non-hydrogen) atoms. The number of esters is 2. The van der Waals surface area contributed by atoms with Gasteiger partial charge in [0.15, 0.2) is 0 Å². The van der Waals surface area contributed by atoms with E-state index in [-0.39, 0.29) is 71.0 Å². The predicted molar refractivity (Wildman–Crippen MR) is 158 cm³/mol. The molecule has 4 rings (SSSR count). The van der Waals surface area contributed by atoms with Crippen molar-refractivity contribution in [1.29, 1.82) is 0 Å². The van der Waals surface area contributed by atoms with Crippen molar-refractivity contribution >= 4 is 11.9 Å². The Morgan fingerprint density at radius 3 is 1.26 bits per heavy atom. The third kappa shape index (κ3) is 9.10. The van der Waals surface area contributed by atoms with Crippen molar-refractivity contribution in [3.8, 4) is 0 Å². The molecule has 0 aromatic heterocycles. The molecule has 0 aromatic rings. The van der Waals surface area contributed by atoms with Crippen molar-refractivity contribution in [2.75, 3.05) is 0 Å². The number of halogens is 2. The number of alkyl halides is 2. The second-order valence-corrected chi connectivity index (χ2v) is 16.4. The highest BCUT2D eigenvalue weighted by Gasteiger charge is 2.47. The molecule has 2 saturated heterocycles. The first-order valence-electron chi connectivity index (χ1n) is 16.3. The number of nitrogens with one attached hydrogen (secondary N) is 2. The molecule has 2 aliphatic heterocycles. The first kappa shape index (κ1) is 33.6. The molecule has 2 aliphatic carbocycles. The highest BCUT2D eigenvalue weighted by molar-refractivity contribution is 5.73. The Morgan fingerprint density at radius 1 is 0.571 bits per heavy atom. The number of carbonyl (C=O) groups is 2. The van der Waals surface area contributed by atoms with E-state index >= 15 is 8.78 Å². The minimum Gasteiger partial charge on any atom is -0.462 e. The average Bonchev–Trinajstić information content (AvgIpc) is 2.80. The molecule has 0 unspecified atom stereocenters. The number of hydrogen-bond acceptors (Lipinski definition) is 7. The van der Waals surface area contributed by atoms with E-state index in [0.717, 1.165) is 25.7 Å². The van der Waals surface area contributed by atoms with Crippen LogP contribution in [0.5, 0.6) is 0 Å². The summed E-state index contributed by atoms with van der Waals surface area (Å²) >= 11 is 0. The lowest BCUT2D eigenvalue weighted by Gasteiger charge is -2.46. The summed E-state index contributed by atoms with van der Waals surface area (Å²) in [6, 6.07) is 0. The lowest BCUT2D eigenvalue weighted by atomic mass is 9.80. The number of rotatable bonds is 7. The summed E-state index contributed by atoms with van der Waals surface area (Å²) < 4.78 is 47.7. The van der Waals surface area contributed by atoms with Crippen LogP contribution in [0.25, 0.3) is 0 Å². The van der Waals surface area contributed by atoms with E-state index in [9.17, 15) is 9.59 Å². The van der Waals surface area contributed by atoms with Crippen LogP contribution in [-0.4, -0.2) is 58.5 Å². The van der Waals surface area contributed by atoms with E-state index in [0.29, 0.717) is 38.5 Å². The van der Waals surface area contributed by atoms with Crippen molar-refractivity contribution in [2.24, 2.45) is 17.8 Å². The zero-order valence-electron chi connectivity index (χ0n) is 27.2. The second kappa shape index (κ2) is 12.2. The smallest absolute Gasteiger partial charge is 0.358 e. The Balaban J connectivity index is 1.19. The van der Waals surface area contributed by atoms with Gasteiger partial charge in [-0.2, -0.15) is 8.78 Å². The van der Waals surface area contributed by atoms with E-state index in [2.05, 4.69) is 66.0 Å². The maximum Gasteiger partial charge on any atom is 0.358 e. The Morgan fingerprint density at radius 2 is 0.905 bits per heavy atom. The summed E-state index contributed by atoms with van der Waals surface area (Å²) in [5.41, 5.74) is -0.509. The van der Waals surface area contributed by atoms with Crippen LogP contribution < -0.4 is 10.6 Å². The molecule has 2 saturated carbocycles. The van der Waals surface area contributed by atoms with E-state index < -0.39 is 18.1 Å². The van der Waals surface area contributed by atoms with Gasteiger partial charge in [0.1, 0.15) is 12.2 Å². The summed E-state index contributed by atoms with van der Waals surface area (Å²) in [7, 11) is 0. The van der Waals surface area contributed by atoms with E-state index in [1.165, 1.54) is 0 Å². The topological polar surface area (TPSA) is 85.9 Å². The SMILES string of the molecule is CC1(C)CC(OC(=O)C2CCC(OC(F)(F)C3CCC(C(=O)OC4CC(C)(C)NC(C)(C)C4)CC3)CC2)CC(C)(C)N1. The lowest BCUT2D eigenvalue weighted by Crippen LogP contribution is -2.60. The molecule has 0 spiro atoms. The summed E-state index contributed by atoms with van der Waals surface area (Å²) in [5, 5.41) is 7.18. The molecule has 0 radical (unpaired) electrons. The van der Waals surface area contributed by atoms with Gasteiger partial charge in [0.2, 0.25) is 0 Å². The van der Waals surface area contributed by atoms with Gasteiger partial charge < -0.3 is 24.8 Å². The molecule has 7 nitrogen and oxygen atoms in total. The minimum atomic E-state index is -3.25. The fourth-order valence-corrected chi connectivity index (χ4v) is 8.54. The summed E-state index contributed by atoms with van der Waals surface area (Å²) in [6.45, 7) is 16.9. The maximum atomic E-state index is 15.2. The molecule has 0 aromatic carbocycles. The molecule has 242 valence electrons. The van der Waals surface area contributed by atoms with Gasteiger partial charge in [0.05, 0.1) is 23.9 Å². The summed E-state index contributed by atoms with van der Waals surface area (Å²) in [4.78, 5) is 25.9. The van der Waals surface area contributed by atoms with Crippen LogP contribution in [0.2, 0.25) is 0 Å². The Kier molecular flexibility index (Phi) is 9.77. The summed E-state index contributed by atoms with van der Waals surface area (Å²) in [6.07, 6.45) is 1.93. The van der Waals surface area contributed by atoms with Crippen LogP contribution in [0.4, 0.5) is 8.78 Å². The Labute approximate surface area is 251 Å². The quantitative estimate of drug-likeness (QED) is 0.317. The molecule has 9 heteroatoms. The maximum absolute atomic E-state index is 15.2. The molecule has 2 heterocycles. The van der Waals surface area contributed by atoms with Crippen LogP contribution in [0.3, 0.4) is 0 Å². The Hall–Kier alpha value is -1.32. The number of piperidine rings is 2. The zero-order valence-corrected chi connectivity index (χ0v) is 27.2. The fourth-order valence-electron chi connectivity index (χ4n) is 8.54. The molecule has 0 bridgehead atoms. The molecule has 0 atom stereocenters. The van der Waals surface area contributed by atoms with Gasteiger partial charge in [-0.15, -0.1) is 0 Å². The van der Waals surface area contributed by atoms with Crippen LogP contribution in [0.15, 0.2) is 0 Å². The average molecular weight is 599 g/mol. The van der Waals surface area contributed by atoms with Crippen molar-refractivity contribution in [3.63, 3.8) is 0 Å². The fraction of sp³-hybridized carbons (Fsp3) is 0.939. The lowest BCUT2D eigenvalue weighted by molar-refractivity contribution is -0.301. The largest absolute Gasteiger partial charge is 0.462 e. The monoisotopic (exact) mass is 598 g/mol. The molecule has 4 aliphatic rings. The third-order valence-electron chi connectivity index (χ3n) is 9.74. The zero-order chi connectivity index (χ0) is 31.1. The van der Waals surface area contributed by atoms with Crippen molar-refractivity contribution in [1.82, 2.24) is 10.6 Å².